The standard InChI is InChI=1S/C16H26N2O2S/c1-11(2)9-13(10-17)18-16(19)12(3)20-14-5-7-15(21-4)8-6-14/h5-8,11-13H,9-10,17H2,1-4H3,(H,18,19). The summed E-state index contributed by atoms with van der Waals surface area (Å²) in [6.45, 7) is 6.42. The lowest BCUT2D eigenvalue weighted by Crippen LogP contribution is -2.46. The molecule has 1 aromatic carbocycles. The highest BCUT2D eigenvalue weighted by Gasteiger charge is 2.19. The van der Waals surface area contributed by atoms with Crippen LogP contribution in [0.2, 0.25) is 0 Å². The Hall–Kier alpha value is -1.20. The molecule has 0 fully saturated rings. The lowest BCUT2D eigenvalue weighted by Gasteiger charge is -2.21. The number of amides is 1. The van der Waals surface area contributed by atoms with E-state index in [-0.39, 0.29) is 11.9 Å². The van der Waals surface area contributed by atoms with Crippen LogP contribution in [0, 0.1) is 5.92 Å². The fraction of sp³-hybridized carbons (Fsp3) is 0.562. The van der Waals surface area contributed by atoms with Gasteiger partial charge in [-0.25, -0.2) is 0 Å². The second kappa shape index (κ2) is 8.95. The Morgan fingerprint density at radius 2 is 1.90 bits per heavy atom. The highest BCUT2D eigenvalue weighted by molar-refractivity contribution is 7.98. The number of nitrogens with two attached hydrogens (primary N) is 1. The average Bonchev–Trinajstić information content (AvgIpc) is 2.46. The molecule has 0 bridgehead atoms. The van der Waals surface area contributed by atoms with Crippen LogP contribution in [0.4, 0.5) is 0 Å². The predicted molar refractivity (Wildman–Crippen MR) is 88.8 cm³/mol. The lowest BCUT2D eigenvalue weighted by molar-refractivity contribution is -0.128. The molecular weight excluding hydrogens is 284 g/mol. The van der Waals surface area contributed by atoms with Crippen LogP contribution >= 0.6 is 11.8 Å². The van der Waals surface area contributed by atoms with Gasteiger partial charge in [0.2, 0.25) is 0 Å². The molecule has 118 valence electrons. The first kappa shape index (κ1) is 17.9. The van der Waals surface area contributed by atoms with Gasteiger partial charge in [0.05, 0.1) is 0 Å². The maximum atomic E-state index is 12.1. The maximum Gasteiger partial charge on any atom is 0.261 e. The van der Waals surface area contributed by atoms with Crippen LogP contribution < -0.4 is 15.8 Å². The molecule has 2 unspecified atom stereocenters. The molecule has 0 aliphatic rings. The monoisotopic (exact) mass is 310 g/mol. The van der Waals surface area contributed by atoms with Crippen molar-refractivity contribution in [1.82, 2.24) is 5.32 Å². The Kier molecular flexibility index (Phi) is 7.61. The van der Waals surface area contributed by atoms with E-state index >= 15 is 0 Å². The van der Waals surface area contributed by atoms with Crippen molar-refractivity contribution in [3.63, 3.8) is 0 Å². The number of hydrogen-bond donors (Lipinski definition) is 2. The third-order valence-corrected chi connectivity index (χ3v) is 3.87. The molecule has 0 aliphatic carbocycles. The van der Waals surface area contributed by atoms with E-state index in [1.54, 1.807) is 18.7 Å². The Labute approximate surface area is 131 Å². The largest absolute Gasteiger partial charge is 0.481 e. The zero-order valence-electron chi connectivity index (χ0n) is 13.3. The van der Waals surface area contributed by atoms with Gasteiger partial charge in [-0.05, 0) is 49.8 Å². The van der Waals surface area contributed by atoms with E-state index in [1.165, 1.54) is 4.90 Å². The van der Waals surface area contributed by atoms with Gasteiger partial charge >= 0.3 is 0 Å². The number of benzene rings is 1. The van der Waals surface area contributed by atoms with E-state index < -0.39 is 6.10 Å². The number of carbonyl (C=O) groups excluding carboxylic acids is 1. The fourth-order valence-corrected chi connectivity index (χ4v) is 2.42. The molecule has 1 amide bonds. The van der Waals surface area contributed by atoms with E-state index in [9.17, 15) is 4.79 Å². The van der Waals surface area contributed by atoms with Crippen molar-refractivity contribution in [2.24, 2.45) is 11.7 Å². The van der Waals surface area contributed by atoms with Crippen molar-refractivity contribution in [3.05, 3.63) is 24.3 Å². The highest BCUT2D eigenvalue weighted by atomic mass is 32.2. The number of carbonyl (C=O) groups is 1. The van der Waals surface area contributed by atoms with E-state index in [0.717, 1.165) is 6.42 Å². The van der Waals surface area contributed by atoms with Gasteiger partial charge in [0.25, 0.3) is 5.91 Å². The summed E-state index contributed by atoms with van der Waals surface area (Å²) in [5.74, 6) is 1.07. The van der Waals surface area contributed by atoms with E-state index in [1.807, 2.05) is 30.5 Å². The van der Waals surface area contributed by atoms with Gasteiger partial charge in [-0.3, -0.25) is 4.79 Å². The molecule has 0 radical (unpaired) electrons. The summed E-state index contributed by atoms with van der Waals surface area (Å²) in [6, 6.07) is 7.72. The average molecular weight is 310 g/mol. The number of thioether (sulfide) groups is 1. The number of ether oxygens (including phenoxy) is 1. The molecule has 21 heavy (non-hydrogen) atoms. The van der Waals surface area contributed by atoms with Crippen molar-refractivity contribution in [3.8, 4) is 5.75 Å². The van der Waals surface area contributed by atoms with Crippen LogP contribution in [0.15, 0.2) is 29.2 Å². The van der Waals surface area contributed by atoms with Gasteiger partial charge in [0.1, 0.15) is 5.75 Å². The fourth-order valence-electron chi connectivity index (χ4n) is 2.01. The van der Waals surface area contributed by atoms with Crippen molar-refractivity contribution in [2.45, 2.75) is 44.2 Å². The van der Waals surface area contributed by atoms with Gasteiger partial charge in [0, 0.05) is 17.5 Å². The molecule has 3 N–H and O–H groups in total. The first-order valence-electron chi connectivity index (χ1n) is 7.27. The van der Waals surface area contributed by atoms with Crippen molar-refractivity contribution in [2.75, 3.05) is 12.8 Å². The van der Waals surface area contributed by atoms with Crippen LogP contribution in [0.1, 0.15) is 27.2 Å². The molecule has 0 spiro atoms. The van der Waals surface area contributed by atoms with Crippen LogP contribution in [-0.4, -0.2) is 30.9 Å². The summed E-state index contributed by atoms with van der Waals surface area (Å²) in [6.07, 6.45) is 2.36. The number of nitrogens with one attached hydrogen (secondary N) is 1. The van der Waals surface area contributed by atoms with Gasteiger partial charge in [-0.2, -0.15) is 0 Å². The van der Waals surface area contributed by atoms with Crippen molar-refractivity contribution in [1.29, 1.82) is 0 Å². The molecule has 0 saturated heterocycles. The highest BCUT2D eigenvalue weighted by Crippen LogP contribution is 2.19. The van der Waals surface area contributed by atoms with Crippen LogP contribution in [0.3, 0.4) is 0 Å². The molecular formula is C16H26N2O2S. The van der Waals surface area contributed by atoms with Crippen LogP contribution in [-0.2, 0) is 4.79 Å². The number of rotatable bonds is 8. The van der Waals surface area contributed by atoms with E-state index in [0.29, 0.717) is 18.2 Å². The molecule has 2 atom stereocenters. The van der Waals surface area contributed by atoms with Crippen molar-refractivity contribution >= 4 is 17.7 Å². The second-order valence-corrected chi connectivity index (χ2v) is 6.39. The SMILES string of the molecule is CSc1ccc(OC(C)C(=O)NC(CN)CC(C)C)cc1. The quantitative estimate of drug-likeness (QED) is 0.725. The summed E-state index contributed by atoms with van der Waals surface area (Å²) < 4.78 is 5.66. The summed E-state index contributed by atoms with van der Waals surface area (Å²) >= 11 is 1.67. The predicted octanol–water partition coefficient (Wildman–Crippen LogP) is 2.67. The molecule has 5 heteroatoms. The Bertz CT molecular complexity index is 434. The van der Waals surface area contributed by atoms with Crippen LogP contribution in [0.25, 0.3) is 0 Å². The molecule has 0 heterocycles. The van der Waals surface area contributed by atoms with Gasteiger partial charge in [0.15, 0.2) is 6.10 Å². The van der Waals surface area contributed by atoms with Crippen LogP contribution in [0.5, 0.6) is 5.75 Å². The van der Waals surface area contributed by atoms with E-state index in [4.69, 9.17) is 10.5 Å². The first-order valence-corrected chi connectivity index (χ1v) is 8.49. The van der Waals surface area contributed by atoms with Gasteiger partial charge in [-0.15, -0.1) is 11.8 Å². The second-order valence-electron chi connectivity index (χ2n) is 5.51. The summed E-state index contributed by atoms with van der Waals surface area (Å²) in [7, 11) is 0. The zero-order chi connectivity index (χ0) is 15.8. The molecule has 0 aliphatic heterocycles. The Balaban J connectivity index is 2.52. The minimum atomic E-state index is -0.536. The molecule has 0 saturated carbocycles. The van der Waals surface area contributed by atoms with Crippen molar-refractivity contribution < 1.29 is 9.53 Å². The van der Waals surface area contributed by atoms with Gasteiger partial charge in [-0.1, -0.05) is 13.8 Å². The Morgan fingerprint density at radius 3 is 2.38 bits per heavy atom. The first-order chi connectivity index (χ1) is 9.96. The smallest absolute Gasteiger partial charge is 0.261 e. The van der Waals surface area contributed by atoms with Gasteiger partial charge < -0.3 is 15.8 Å². The molecule has 1 aromatic rings. The third kappa shape index (κ3) is 6.40. The molecule has 4 nitrogen and oxygen atoms in total. The number of hydrogen-bond acceptors (Lipinski definition) is 4. The summed E-state index contributed by atoms with van der Waals surface area (Å²) in [5, 5.41) is 2.95. The molecule has 1 rings (SSSR count). The third-order valence-electron chi connectivity index (χ3n) is 3.13. The molecule has 0 aromatic heterocycles. The summed E-state index contributed by atoms with van der Waals surface area (Å²) in [5.41, 5.74) is 5.70. The zero-order valence-corrected chi connectivity index (χ0v) is 14.1. The minimum absolute atomic E-state index is 0.00224. The topological polar surface area (TPSA) is 64.3 Å². The van der Waals surface area contributed by atoms with E-state index in [2.05, 4.69) is 19.2 Å². The normalized spacial score (nSPS) is 13.8. The lowest BCUT2D eigenvalue weighted by atomic mass is 10.0. The summed E-state index contributed by atoms with van der Waals surface area (Å²) in [4.78, 5) is 13.3. The Morgan fingerprint density at radius 1 is 1.29 bits per heavy atom. The minimum Gasteiger partial charge on any atom is -0.481 e. The maximum absolute atomic E-state index is 12.1.